The molecule has 13 aromatic rings. The summed E-state index contributed by atoms with van der Waals surface area (Å²) in [6.07, 6.45) is 0. The molecule has 64 heavy (non-hydrogen) atoms. The lowest BCUT2D eigenvalue weighted by Crippen LogP contribution is -2.74. The maximum atomic E-state index is 2.53. The summed E-state index contributed by atoms with van der Waals surface area (Å²) in [6, 6.07) is 90.3. The van der Waals surface area contributed by atoms with Crippen LogP contribution in [0.2, 0.25) is 0 Å². The van der Waals surface area contributed by atoms with Gasteiger partial charge in [-0.1, -0.05) is 188 Å². The van der Waals surface area contributed by atoms with E-state index >= 15 is 0 Å². The number of para-hydroxylation sites is 3. The van der Waals surface area contributed by atoms with Crippen LogP contribution >= 0.6 is 11.3 Å². The summed E-state index contributed by atoms with van der Waals surface area (Å²) >= 11 is 1.87. The van der Waals surface area contributed by atoms with Crippen molar-refractivity contribution < 1.29 is 0 Å². The maximum absolute atomic E-state index is 2.66. The first-order valence-electron chi connectivity index (χ1n) is 22.0. The Morgan fingerprint density at radius 3 is 1.50 bits per heavy atom. The van der Waals surface area contributed by atoms with Gasteiger partial charge in [-0.25, -0.2) is 0 Å². The van der Waals surface area contributed by atoms with E-state index in [4.69, 9.17) is 0 Å². The van der Waals surface area contributed by atoms with Crippen LogP contribution in [0.3, 0.4) is 0 Å². The molecule has 0 spiro atoms. The van der Waals surface area contributed by atoms with Crippen molar-refractivity contribution in [3.63, 3.8) is 0 Å². The number of benzene rings is 10. The lowest BCUT2D eigenvalue weighted by atomic mass is 9.99. The predicted molar refractivity (Wildman–Crippen MR) is 277 cm³/mol. The Labute approximate surface area is 376 Å². The average molecular weight is 849 g/mol. The van der Waals surface area contributed by atoms with Crippen LogP contribution in [0.4, 0.5) is 0 Å². The molecule has 0 radical (unpaired) electrons. The first-order valence-corrected chi connectivity index (χ1v) is 24.8. The van der Waals surface area contributed by atoms with Crippen molar-refractivity contribution in [1.29, 1.82) is 0 Å². The van der Waals surface area contributed by atoms with E-state index in [0.717, 1.165) is 5.69 Å². The van der Waals surface area contributed by atoms with Gasteiger partial charge in [0.1, 0.15) is 0 Å². The van der Waals surface area contributed by atoms with Crippen molar-refractivity contribution >= 4 is 104 Å². The lowest BCUT2D eigenvalue weighted by Gasteiger charge is -2.34. The van der Waals surface area contributed by atoms with Crippen molar-refractivity contribution in [2.24, 2.45) is 0 Å². The largest absolute Gasteiger partial charge is 0.309 e. The van der Waals surface area contributed by atoms with Gasteiger partial charge in [0, 0.05) is 53.0 Å². The molecule has 3 heterocycles. The predicted octanol–water partition coefficient (Wildman–Crippen LogP) is 13.3. The molecular formula is C60H40N2SSi. The van der Waals surface area contributed by atoms with Crippen LogP contribution in [0.1, 0.15) is 0 Å². The fraction of sp³-hybridized carbons (Fsp3) is 0. The minimum Gasteiger partial charge on any atom is -0.309 e. The summed E-state index contributed by atoms with van der Waals surface area (Å²) in [4.78, 5) is 0. The Kier molecular flexibility index (Phi) is 8.45. The van der Waals surface area contributed by atoms with Gasteiger partial charge in [0.25, 0.3) is 0 Å². The highest BCUT2D eigenvalue weighted by molar-refractivity contribution is 7.26. The summed E-state index contributed by atoms with van der Waals surface area (Å²) in [7, 11) is -2.66. The van der Waals surface area contributed by atoms with E-state index in [9.17, 15) is 0 Å². The molecule has 0 unspecified atom stereocenters. The molecule has 0 amide bonds. The van der Waals surface area contributed by atoms with Crippen molar-refractivity contribution in [3.8, 4) is 22.5 Å². The Morgan fingerprint density at radius 1 is 0.328 bits per heavy atom. The van der Waals surface area contributed by atoms with E-state index in [0.29, 0.717) is 0 Å². The van der Waals surface area contributed by atoms with E-state index < -0.39 is 8.07 Å². The topological polar surface area (TPSA) is 9.86 Å². The lowest BCUT2D eigenvalue weighted by molar-refractivity contribution is 1.18. The summed E-state index contributed by atoms with van der Waals surface area (Å²) in [5.74, 6) is 0. The molecule has 0 atom stereocenters. The van der Waals surface area contributed by atoms with E-state index in [2.05, 4.69) is 252 Å². The quantitative estimate of drug-likeness (QED) is 0.112. The van der Waals surface area contributed by atoms with E-state index in [1.807, 2.05) is 11.3 Å². The highest BCUT2D eigenvalue weighted by Gasteiger charge is 2.41. The standard InChI is InChI=1S/C60H40N2SSi/c1-4-18-43(19-5-1)64(44-20-6-2-7-21-44,45-22-8-3-9-23-45)46-37-35-42(36-38-46)61-53-29-13-11-25-49(53)52-40-41(34-39-55(52)61)47-27-16-28-50-48-24-10-14-30-54(48)62(60(47)50)56-31-17-33-58-59(56)51-26-12-15-32-57(51)63-58/h1-40H. The Balaban J connectivity index is 1.01. The average Bonchev–Trinajstić information content (AvgIpc) is 4.03. The third-order valence-electron chi connectivity index (χ3n) is 13.5. The summed E-state index contributed by atoms with van der Waals surface area (Å²) in [6.45, 7) is 0. The van der Waals surface area contributed by atoms with Crippen molar-refractivity contribution in [2.45, 2.75) is 0 Å². The minimum atomic E-state index is -2.66. The van der Waals surface area contributed by atoms with Crippen LogP contribution in [-0.4, -0.2) is 17.2 Å². The fourth-order valence-corrected chi connectivity index (χ4v) is 16.7. The zero-order chi connectivity index (χ0) is 42.2. The van der Waals surface area contributed by atoms with Gasteiger partial charge in [-0.05, 0) is 80.9 Å². The van der Waals surface area contributed by atoms with Crippen LogP contribution in [0.5, 0.6) is 0 Å². The molecule has 0 saturated heterocycles. The Hall–Kier alpha value is -7.76. The van der Waals surface area contributed by atoms with Crippen molar-refractivity contribution in [3.05, 3.63) is 243 Å². The molecule has 0 saturated carbocycles. The molecule has 0 aliphatic rings. The molecule has 4 heteroatoms. The van der Waals surface area contributed by atoms with Gasteiger partial charge in [-0.15, -0.1) is 11.3 Å². The van der Waals surface area contributed by atoms with Gasteiger partial charge in [-0.3, -0.25) is 0 Å². The molecule has 0 N–H and O–H groups in total. The number of hydrogen-bond donors (Lipinski definition) is 0. The minimum absolute atomic E-state index is 1.15. The second kappa shape index (κ2) is 14.7. The highest BCUT2D eigenvalue weighted by atomic mass is 32.1. The van der Waals surface area contributed by atoms with E-state index in [-0.39, 0.29) is 0 Å². The highest BCUT2D eigenvalue weighted by Crippen LogP contribution is 2.44. The van der Waals surface area contributed by atoms with Gasteiger partial charge in [0.2, 0.25) is 0 Å². The van der Waals surface area contributed by atoms with Crippen LogP contribution < -0.4 is 20.7 Å². The second-order valence-corrected chi connectivity index (χ2v) is 21.7. The van der Waals surface area contributed by atoms with E-state index in [1.165, 1.54) is 101 Å². The van der Waals surface area contributed by atoms with Crippen molar-refractivity contribution in [2.75, 3.05) is 0 Å². The molecule has 13 rings (SSSR count). The number of nitrogens with zero attached hydrogens (tertiary/aromatic N) is 2. The summed E-state index contributed by atoms with van der Waals surface area (Å²) < 4.78 is 7.60. The molecule has 0 fully saturated rings. The van der Waals surface area contributed by atoms with Crippen LogP contribution in [0, 0.1) is 0 Å². The SMILES string of the molecule is c1ccc([Si](c2ccccc2)(c2ccccc2)c2ccc(-n3c4ccccc4c4cc(-c5cccc6c7ccccc7n(-c7cccc8sc9ccccc9c78)c56)ccc43)cc2)cc1. The van der Waals surface area contributed by atoms with Gasteiger partial charge in [0.05, 0.1) is 27.8 Å². The normalized spacial score (nSPS) is 12.1. The van der Waals surface area contributed by atoms with Crippen molar-refractivity contribution in [1.82, 2.24) is 9.13 Å². The zero-order valence-electron chi connectivity index (χ0n) is 34.9. The first kappa shape index (κ1) is 36.9. The van der Waals surface area contributed by atoms with Gasteiger partial charge in [0.15, 0.2) is 8.07 Å². The monoisotopic (exact) mass is 848 g/mol. The molecule has 0 aliphatic heterocycles. The van der Waals surface area contributed by atoms with Gasteiger partial charge < -0.3 is 9.13 Å². The molecule has 2 nitrogen and oxygen atoms in total. The first-order chi connectivity index (χ1) is 31.8. The van der Waals surface area contributed by atoms with Gasteiger partial charge in [-0.2, -0.15) is 0 Å². The van der Waals surface area contributed by atoms with E-state index in [1.54, 1.807) is 0 Å². The molecular weight excluding hydrogens is 809 g/mol. The molecule has 0 aliphatic carbocycles. The number of hydrogen-bond acceptors (Lipinski definition) is 1. The number of thiophene rings is 1. The molecule has 3 aromatic heterocycles. The Bertz CT molecular complexity index is 3790. The summed E-state index contributed by atoms with van der Waals surface area (Å²) in [5.41, 5.74) is 9.62. The maximum Gasteiger partial charge on any atom is 0.179 e. The van der Waals surface area contributed by atoms with Crippen LogP contribution in [0.25, 0.3) is 86.3 Å². The fourth-order valence-electron chi connectivity index (χ4n) is 10.8. The number of fused-ring (bicyclic) bond motifs is 9. The number of aromatic nitrogens is 2. The molecule has 300 valence electrons. The Morgan fingerprint density at radius 2 is 0.828 bits per heavy atom. The van der Waals surface area contributed by atoms with Crippen LogP contribution in [0.15, 0.2) is 243 Å². The molecule has 0 bridgehead atoms. The third-order valence-corrected chi connectivity index (χ3v) is 19.4. The van der Waals surface area contributed by atoms with Crippen LogP contribution in [-0.2, 0) is 0 Å². The number of rotatable bonds is 7. The third kappa shape index (κ3) is 5.43. The molecule has 10 aromatic carbocycles. The smallest absolute Gasteiger partial charge is 0.179 e. The zero-order valence-corrected chi connectivity index (χ0v) is 36.7. The van der Waals surface area contributed by atoms with Gasteiger partial charge >= 0.3 is 0 Å². The second-order valence-electron chi connectivity index (χ2n) is 16.8. The summed E-state index contributed by atoms with van der Waals surface area (Å²) in [5, 5.41) is 13.1.